The highest BCUT2D eigenvalue weighted by atomic mass is 32.1. The molecule has 0 spiro atoms. The largest absolute Gasteiger partial charge is 0.487 e. The number of nitrogens with zero attached hydrogens (tertiary/aromatic N) is 3. The predicted molar refractivity (Wildman–Crippen MR) is 122 cm³/mol. The molecule has 30 heavy (non-hydrogen) atoms. The van der Waals surface area contributed by atoms with Gasteiger partial charge in [0.2, 0.25) is 0 Å². The molecule has 2 N–H and O–H groups in total. The fraction of sp³-hybridized carbons (Fsp3) is 0.478. The van der Waals surface area contributed by atoms with Gasteiger partial charge in [-0.05, 0) is 58.7 Å². The first-order valence-corrected chi connectivity index (χ1v) is 11.3. The number of H-pyrrole nitrogens is 1. The van der Waals surface area contributed by atoms with Crippen LogP contribution in [0.5, 0.6) is 5.75 Å². The maximum absolute atomic E-state index is 6.07. The summed E-state index contributed by atoms with van der Waals surface area (Å²) in [6, 6.07) is 8.74. The second-order valence-corrected chi connectivity index (χ2v) is 10.8. The lowest BCUT2D eigenvalue weighted by Gasteiger charge is -2.48. The predicted octanol–water partition coefficient (Wildman–Crippen LogP) is 4.84. The van der Waals surface area contributed by atoms with Gasteiger partial charge in [0.15, 0.2) is 5.13 Å². The molecule has 0 unspecified atom stereocenters. The van der Waals surface area contributed by atoms with Crippen LogP contribution in [0.2, 0.25) is 0 Å². The van der Waals surface area contributed by atoms with Crippen molar-refractivity contribution in [2.24, 2.45) is 0 Å². The van der Waals surface area contributed by atoms with Gasteiger partial charge < -0.3 is 15.0 Å². The van der Waals surface area contributed by atoms with Crippen LogP contribution < -0.4 is 15.0 Å². The summed E-state index contributed by atoms with van der Waals surface area (Å²) in [4.78, 5) is 8.58. The standard InChI is InChI=1S/C23H29N5OS/c1-22(2)11-15(12-23(3,4)27-22)28(5)21-25-18-13-29-19-10-14(17-8-9-24-26-17)6-7-16(19)20(18)30-21/h6-10,15,27H,11-13H2,1-5H3,(H,24,26). The molecule has 3 aromatic rings. The van der Waals surface area contributed by atoms with E-state index in [1.165, 1.54) is 4.88 Å². The zero-order valence-corrected chi connectivity index (χ0v) is 19.1. The molecule has 4 heterocycles. The maximum atomic E-state index is 6.07. The number of nitrogens with one attached hydrogen (secondary N) is 2. The molecule has 0 atom stereocenters. The summed E-state index contributed by atoms with van der Waals surface area (Å²) in [7, 11) is 2.19. The van der Waals surface area contributed by atoms with Crippen molar-refractivity contribution >= 4 is 16.5 Å². The van der Waals surface area contributed by atoms with Crippen LogP contribution in [0, 0.1) is 0 Å². The first kappa shape index (κ1) is 19.6. The van der Waals surface area contributed by atoms with E-state index in [1.807, 2.05) is 12.3 Å². The van der Waals surface area contributed by atoms with Gasteiger partial charge in [-0.25, -0.2) is 4.98 Å². The average molecular weight is 424 g/mol. The lowest BCUT2D eigenvalue weighted by Crippen LogP contribution is -2.61. The van der Waals surface area contributed by atoms with Crippen LogP contribution in [0.15, 0.2) is 30.5 Å². The normalized spacial score (nSPS) is 19.6. The second kappa shape index (κ2) is 6.82. The monoisotopic (exact) mass is 423 g/mol. The van der Waals surface area contributed by atoms with Gasteiger partial charge in [0.25, 0.3) is 0 Å². The van der Waals surface area contributed by atoms with Crippen molar-refractivity contribution in [3.63, 3.8) is 0 Å². The SMILES string of the molecule is CN(c1nc2c(s1)-c1ccc(-c3cc[nH]n3)cc1OC2)C1CC(C)(C)NC(C)(C)C1. The molecular formula is C23H29N5OS. The van der Waals surface area contributed by atoms with Crippen molar-refractivity contribution in [3.05, 3.63) is 36.2 Å². The Morgan fingerprint density at radius 2 is 1.90 bits per heavy atom. The summed E-state index contributed by atoms with van der Waals surface area (Å²) in [5.41, 5.74) is 4.35. The van der Waals surface area contributed by atoms with Gasteiger partial charge in [-0.15, -0.1) is 0 Å². The molecule has 1 fully saturated rings. The molecule has 158 valence electrons. The molecule has 0 saturated carbocycles. The molecule has 0 bridgehead atoms. The number of fused-ring (bicyclic) bond motifs is 3. The number of piperidine rings is 1. The van der Waals surface area contributed by atoms with Crippen molar-refractivity contribution in [2.75, 3.05) is 11.9 Å². The van der Waals surface area contributed by atoms with Gasteiger partial charge in [-0.1, -0.05) is 17.4 Å². The van der Waals surface area contributed by atoms with Gasteiger partial charge in [0.05, 0.1) is 16.3 Å². The summed E-state index contributed by atoms with van der Waals surface area (Å²) < 4.78 is 6.07. The minimum absolute atomic E-state index is 0.107. The number of thiazole rings is 1. The molecule has 1 saturated heterocycles. The Balaban J connectivity index is 1.45. The number of hydrogen-bond donors (Lipinski definition) is 2. The third-order valence-electron chi connectivity index (χ3n) is 6.09. The highest BCUT2D eigenvalue weighted by Crippen LogP contribution is 2.45. The van der Waals surface area contributed by atoms with Crippen LogP contribution in [0.4, 0.5) is 5.13 Å². The van der Waals surface area contributed by atoms with Gasteiger partial charge in [0, 0.05) is 41.5 Å². The Hall–Kier alpha value is -2.38. The zero-order chi connectivity index (χ0) is 21.1. The summed E-state index contributed by atoms with van der Waals surface area (Å²) in [6.07, 6.45) is 4.02. The lowest BCUT2D eigenvalue weighted by molar-refractivity contribution is 0.161. The fourth-order valence-corrected chi connectivity index (χ4v) is 6.19. The second-order valence-electron chi connectivity index (χ2n) is 9.80. The summed E-state index contributed by atoms with van der Waals surface area (Å²) in [5, 5.41) is 12.0. The molecular weight excluding hydrogens is 394 g/mol. The Bertz CT molecular complexity index is 1050. The Labute approximate surface area is 181 Å². The Kier molecular flexibility index (Phi) is 4.45. The van der Waals surface area contributed by atoms with Crippen LogP contribution in [-0.4, -0.2) is 39.3 Å². The fourth-order valence-electron chi connectivity index (χ4n) is 5.05. The van der Waals surface area contributed by atoms with Crippen LogP contribution >= 0.6 is 11.3 Å². The Morgan fingerprint density at radius 1 is 1.13 bits per heavy atom. The van der Waals surface area contributed by atoms with Gasteiger partial charge in [0.1, 0.15) is 12.4 Å². The first-order valence-electron chi connectivity index (χ1n) is 10.5. The van der Waals surface area contributed by atoms with E-state index in [0.717, 1.165) is 46.2 Å². The molecule has 7 heteroatoms. The van der Waals surface area contributed by atoms with E-state index in [-0.39, 0.29) is 11.1 Å². The lowest BCUT2D eigenvalue weighted by atomic mass is 9.79. The highest BCUT2D eigenvalue weighted by molar-refractivity contribution is 7.19. The first-order chi connectivity index (χ1) is 14.2. The van der Waals surface area contributed by atoms with Crippen molar-refractivity contribution in [3.8, 4) is 27.4 Å². The number of anilines is 1. The molecule has 2 aliphatic heterocycles. The molecule has 0 radical (unpaired) electrons. The van der Waals surface area contributed by atoms with E-state index in [1.54, 1.807) is 11.3 Å². The highest BCUT2D eigenvalue weighted by Gasteiger charge is 2.40. The van der Waals surface area contributed by atoms with Crippen LogP contribution in [0.1, 0.15) is 46.2 Å². The number of hydrogen-bond acceptors (Lipinski definition) is 6. The number of aromatic amines is 1. The molecule has 1 aromatic carbocycles. The van der Waals surface area contributed by atoms with Crippen molar-refractivity contribution in [1.82, 2.24) is 20.5 Å². The molecule has 2 aliphatic rings. The van der Waals surface area contributed by atoms with Crippen LogP contribution in [0.3, 0.4) is 0 Å². The third kappa shape index (κ3) is 3.50. The van der Waals surface area contributed by atoms with Gasteiger partial charge in [-0.2, -0.15) is 5.10 Å². The topological polar surface area (TPSA) is 66.1 Å². The molecule has 2 aromatic heterocycles. The molecule has 5 rings (SSSR count). The van der Waals surface area contributed by atoms with Gasteiger partial charge in [-0.3, -0.25) is 5.10 Å². The molecule has 6 nitrogen and oxygen atoms in total. The summed E-state index contributed by atoms with van der Waals surface area (Å²) >= 11 is 1.78. The van der Waals surface area contributed by atoms with E-state index in [0.29, 0.717) is 12.6 Å². The van der Waals surface area contributed by atoms with Crippen molar-refractivity contribution in [1.29, 1.82) is 0 Å². The molecule has 0 aliphatic carbocycles. The minimum Gasteiger partial charge on any atom is -0.487 e. The minimum atomic E-state index is 0.107. The van der Waals surface area contributed by atoms with Crippen LogP contribution in [-0.2, 0) is 6.61 Å². The summed E-state index contributed by atoms with van der Waals surface area (Å²) in [6.45, 7) is 9.69. The third-order valence-corrected chi connectivity index (χ3v) is 7.31. The maximum Gasteiger partial charge on any atom is 0.186 e. The van der Waals surface area contributed by atoms with Crippen molar-refractivity contribution < 1.29 is 4.74 Å². The number of benzene rings is 1. The quantitative estimate of drug-likeness (QED) is 0.631. The van der Waals surface area contributed by atoms with E-state index in [9.17, 15) is 0 Å². The van der Waals surface area contributed by atoms with E-state index < -0.39 is 0 Å². The number of ether oxygens (including phenoxy) is 1. The van der Waals surface area contributed by atoms with Gasteiger partial charge >= 0.3 is 0 Å². The molecule has 0 amide bonds. The Morgan fingerprint density at radius 3 is 2.60 bits per heavy atom. The summed E-state index contributed by atoms with van der Waals surface area (Å²) in [5.74, 6) is 0.907. The number of rotatable bonds is 3. The van der Waals surface area contributed by atoms with E-state index >= 15 is 0 Å². The average Bonchev–Trinajstić information content (AvgIpc) is 3.34. The van der Waals surface area contributed by atoms with E-state index in [4.69, 9.17) is 9.72 Å². The smallest absolute Gasteiger partial charge is 0.186 e. The van der Waals surface area contributed by atoms with E-state index in [2.05, 4.69) is 73.4 Å². The van der Waals surface area contributed by atoms with Crippen molar-refractivity contribution in [2.45, 2.75) is 64.3 Å². The number of aromatic nitrogens is 3. The van der Waals surface area contributed by atoms with Crippen LogP contribution in [0.25, 0.3) is 21.7 Å². The zero-order valence-electron chi connectivity index (χ0n) is 18.2.